The smallest absolute Gasteiger partial charge is 0.144 e. The van der Waals surface area contributed by atoms with Gasteiger partial charge in [0.05, 0.1) is 5.69 Å². The number of benzene rings is 2. The lowest BCUT2D eigenvalue weighted by atomic mass is 9.41. The molecule has 0 aliphatic carbocycles. The van der Waals surface area contributed by atoms with E-state index in [4.69, 9.17) is 9.40 Å². The van der Waals surface area contributed by atoms with Crippen molar-refractivity contribution in [3.05, 3.63) is 65.7 Å². The zero-order chi connectivity index (χ0) is 20.4. The predicted molar refractivity (Wildman–Crippen MR) is 131 cm³/mol. The highest BCUT2D eigenvalue weighted by Gasteiger charge is 2.34. The maximum atomic E-state index is 6.47. The molecular weight excluding hydrogens is 372 g/mol. The summed E-state index contributed by atoms with van der Waals surface area (Å²) in [5.41, 5.74) is 5.33. The van der Waals surface area contributed by atoms with E-state index in [0.29, 0.717) is 0 Å². The molecule has 0 N–H and O–H groups in total. The molecule has 5 aromatic rings. The van der Waals surface area contributed by atoms with E-state index in [1.807, 2.05) is 6.20 Å². The van der Waals surface area contributed by atoms with Crippen molar-refractivity contribution in [1.29, 1.82) is 0 Å². The van der Waals surface area contributed by atoms with Gasteiger partial charge in [0, 0.05) is 32.6 Å². The molecule has 0 radical (unpaired) electrons. The van der Waals surface area contributed by atoms with Crippen LogP contribution < -0.4 is 0 Å². The number of aromatic nitrogens is 1. The van der Waals surface area contributed by atoms with Crippen LogP contribution in [0.15, 0.2) is 64.5 Å². The summed E-state index contributed by atoms with van der Waals surface area (Å²) < 4.78 is 7.72. The monoisotopic (exact) mass is 395 g/mol. The highest BCUT2D eigenvalue weighted by Crippen LogP contribution is 2.41. The predicted octanol–water partition coefficient (Wildman–Crippen LogP) is 5.33. The first-order valence-electron chi connectivity index (χ1n) is 10.1. The molecule has 0 saturated heterocycles. The molecular formula is C24H23B2NOS. The van der Waals surface area contributed by atoms with Crippen LogP contribution in [0.1, 0.15) is 26.3 Å². The quantitative estimate of drug-likeness (QED) is 0.378. The largest absolute Gasteiger partial charge is 0.455 e. The Balaban J connectivity index is 1.76. The van der Waals surface area contributed by atoms with E-state index in [9.17, 15) is 0 Å². The van der Waals surface area contributed by atoms with Gasteiger partial charge in [0.1, 0.15) is 26.9 Å². The van der Waals surface area contributed by atoms with Gasteiger partial charge in [-0.2, -0.15) is 0 Å². The van der Waals surface area contributed by atoms with Gasteiger partial charge in [-0.3, -0.25) is 4.98 Å². The topological polar surface area (TPSA) is 26.0 Å². The van der Waals surface area contributed by atoms with Gasteiger partial charge in [-0.15, -0.1) is 11.3 Å². The van der Waals surface area contributed by atoms with Crippen LogP contribution in [0.3, 0.4) is 0 Å². The summed E-state index contributed by atoms with van der Waals surface area (Å²) >= 11 is 1.75. The van der Waals surface area contributed by atoms with E-state index in [2.05, 4.69) is 90.4 Å². The Morgan fingerprint density at radius 2 is 1.69 bits per heavy atom. The summed E-state index contributed by atoms with van der Waals surface area (Å²) in [6.07, 6.45) is 1.93. The molecule has 0 saturated carbocycles. The zero-order valence-corrected chi connectivity index (χ0v) is 18.4. The first-order chi connectivity index (χ1) is 13.8. The highest BCUT2D eigenvalue weighted by molar-refractivity contribution is 7.17. The summed E-state index contributed by atoms with van der Waals surface area (Å²) in [5, 5.41) is 5.64. The molecule has 5 heteroatoms. The molecule has 29 heavy (non-hydrogen) atoms. The summed E-state index contributed by atoms with van der Waals surface area (Å²) in [5.74, 6) is 0. The Kier molecular flexibility index (Phi) is 3.98. The molecule has 2 aromatic carbocycles. The molecule has 0 bridgehead atoms. The molecule has 2 nitrogen and oxygen atoms in total. The van der Waals surface area contributed by atoms with Gasteiger partial charge in [0.2, 0.25) is 0 Å². The first kappa shape index (κ1) is 18.5. The number of hydrogen-bond acceptors (Lipinski definition) is 3. The van der Waals surface area contributed by atoms with Crippen molar-refractivity contribution in [3.8, 4) is 11.3 Å². The van der Waals surface area contributed by atoms with E-state index >= 15 is 0 Å². The number of nitrogens with zero attached hydrogens (tertiary/aromatic N) is 1. The Labute approximate surface area is 176 Å². The van der Waals surface area contributed by atoms with E-state index < -0.39 is 0 Å². The van der Waals surface area contributed by atoms with Gasteiger partial charge in [0.25, 0.3) is 0 Å². The van der Waals surface area contributed by atoms with E-state index in [1.165, 1.54) is 21.0 Å². The van der Waals surface area contributed by atoms with Crippen molar-refractivity contribution < 1.29 is 4.42 Å². The molecule has 0 atom stereocenters. The van der Waals surface area contributed by atoms with Crippen molar-refractivity contribution in [2.45, 2.75) is 26.0 Å². The Bertz CT molecular complexity index is 1370. The number of pyridine rings is 1. The number of hydrogen-bond donors (Lipinski definition) is 0. The van der Waals surface area contributed by atoms with Crippen molar-refractivity contribution in [2.24, 2.45) is 5.41 Å². The number of rotatable bonds is 2. The molecule has 0 fully saturated rings. The van der Waals surface area contributed by atoms with Crippen LogP contribution in [0.25, 0.3) is 43.3 Å². The minimum atomic E-state index is 0.0231. The third-order valence-corrected chi connectivity index (χ3v) is 7.61. The molecule has 0 amide bonds. The van der Waals surface area contributed by atoms with E-state index in [1.54, 1.807) is 11.3 Å². The summed E-state index contributed by atoms with van der Waals surface area (Å²) in [4.78, 5) is 4.72. The molecule has 142 valence electrons. The lowest BCUT2D eigenvalue weighted by molar-refractivity contribution is 0.358. The minimum absolute atomic E-state index is 0.0231. The molecule has 0 aliphatic heterocycles. The summed E-state index contributed by atoms with van der Waals surface area (Å²) in [6.45, 7) is 6.87. The summed E-state index contributed by atoms with van der Waals surface area (Å²) in [6, 6.07) is 17.3. The lowest BCUT2D eigenvalue weighted by Crippen LogP contribution is -2.41. The van der Waals surface area contributed by atoms with Crippen molar-refractivity contribution in [2.75, 3.05) is 0 Å². The number of fused-ring (bicyclic) bond motifs is 5. The van der Waals surface area contributed by atoms with Crippen LogP contribution in [0, 0.1) is 5.41 Å². The second-order valence-corrected chi connectivity index (χ2v) is 10.3. The number of para-hydroxylation sites is 1. The van der Waals surface area contributed by atoms with Crippen molar-refractivity contribution in [3.63, 3.8) is 0 Å². The van der Waals surface area contributed by atoms with E-state index in [0.717, 1.165) is 27.8 Å². The maximum absolute atomic E-state index is 6.47. The second kappa shape index (κ2) is 6.24. The van der Waals surface area contributed by atoms with Crippen molar-refractivity contribution in [1.82, 2.24) is 4.98 Å². The van der Waals surface area contributed by atoms with Gasteiger partial charge in [-0.1, -0.05) is 43.7 Å². The van der Waals surface area contributed by atoms with Crippen LogP contribution in [0.2, 0.25) is 0 Å². The third-order valence-electron chi connectivity index (χ3n) is 6.73. The first-order valence-corrected chi connectivity index (χ1v) is 10.9. The van der Waals surface area contributed by atoms with Gasteiger partial charge in [-0.05, 0) is 47.2 Å². The SMILES string of the molecule is BC(B)(c1ccnc(-c2cccc3c2oc2c4ccsc4ccc32)c1)C(C)(C)C. The lowest BCUT2D eigenvalue weighted by Gasteiger charge is -2.40. The highest BCUT2D eigenvalue weighted by atomic mass is 32.1. The standard InChI is InChI=1S/C24H23B2NOS/c1-23(2,3)24(25,26)14-9-11-27-19(13-14)17-6-4-5-15-16-7-8-20-18(10-12-29-20)22(16)28-21(15)17/h4-13H,25-26H2,1-3H3. The minimum Gasteiger partial charge on any atom is -0.455 e. The second-order valence-electron chi connectivity index (χ2n) is 9.36. The van der Waals surface area contributed by atoms with Crippen LogP contribution in [-0.4, -0.2) is 20.7 Å². The fourth-order valence-corrected chi connectivity index (χ4v) is 4.69. The van der Waals surface area contributed by atoms with Gasteiger partial charge >= 0.3 is 0 Å². The molecule has 3 heterocycles. The zero-order valence-electron chi connectivity index (χ0n) is 17.5. The van der Waals surface area contributed by atoms with Crippen LogP contribution in [0.4, 0.5) is 0 Å². The molecule has 0 aliphatic rings. The summed E-state index contributed by atoms with van der Waals surface area (Å²) in [7, 11) is 4.61. The van der Waals surface area contributed by atoms with E-state index in [-0.39, 0.29) is 10.6 Å². The van der Waals surface area contributed by atoms with Crippen LogP contribution in [0.5, 0.6) is 0 Å². The third kappa shape index (κ3) is 2.75. The number of furan rings is 1. The van der Waals surface area contributed by atoms with Gasteiger partial charge in [0.15, 0.2) is 0 Å². The fourth-order valence-electron chi connectivity index (χ4n) is 3.90. The normalized spacial score (nSPS) is 12.9. The average Bonchev–Trinajstić information content (AvgIpc) is 3.31. The van der Waals surface area contributed by atoms with Crippen LogP contribution >= 0.6 is 11.3 Å². The maximum Gasteiger partial charge on any atom is 0.144 e. The molecule has 0 spiro atoms. The molecule has 5 rings (SSSR count). The Morgan fingerprint density at radius 1 is 0.897 bits per heavy atom. The van der Waals surface area contributed by atoms with Gasteiger partial charge < -0.3 is 4.42 Å². The average molecular weight is 395 g/mol. The number of thiophene rings is 1. The van der Waals surface area contributed by atoms with Crippen molar-refractivity contribution >= 4 is 59.1 Å². The molecule has 0 unspecified atom stereocenters. The Hall–Kier alpha value is -2.52. The fraction of sp³-hybridized carbons (Fsp3) is 0.208. The van der Waals surface area contributed by atoms with Crippen LogP contribution in [-0.2, 0) is 5.21 Å². The molecule has 3 aromatic heterocycles. The Morgan fingerprint density at radius 3 is 2.48 bits per heavy atom. The van der Waals surface area contributed by atoms with Gasteiger partial charge in [-0.25, -0.2) is 0 Å².